The topological polar surface area (TPSA) is 77.8 Å². The summed E-state index contributed by atoms with van der Waals surface area (Å²) < 4.78 is 16.9. The lowest BCUT2D eigenvalue weighted by atomic mass is 9.86. The van der Waals surface area contributed by atoms with Gasteiger partial charge in [0.05, 0.1) is 11.6 Å². The Labute approximate surface area is 145 Å². The van der Waals surface area contributed by atoms with E-state index in [-0.39, 0.29) is 18.1 Å². The predicted octanol–water partition coefficient (Wildman–Crippen LogP) is 2.75. The molecule has 2 aliphatic rings. The van der Waals surface area contributed by atoms with Gasteiger partial charge in [-0.25, -0.2) is 0 Å². The maximum absolute atomic E-state index is 12.7. The number of carbonyl (C=O) groups excluding carboxylic acids is 2. The summed E-state index contributed by atoms with van der Waals surface area (Å²) in [7, 11) is 0. The molecule has 130 valence electrons. The van der Waals surface area contributed by atoms with Gasteiger partial charge in [0.15, 0.2) is 6.10 Å². The van der Waals surface area contributed by atoms with Crippen molar-refractivity contribution in [2.24, 2.45) is 0 Å². The minimum absolute atomic E-state index is 0.259. The van der Waals surface area contributed by atoms with Crippen LogP contribution in [0.15, 0.2) is 34.7 Å². The largest absolute Gasteiger partial charge is 0.466 e. The zero-order valence-electron chi connectivity index (χ0n) is 14.2. The molecule has 4 rings (SSSR count). The van der Waals surface area contributed by atoms with E-state index in [0.29, 0.717) is 17.1 Å². The standard InChI is InChI=1S/C19H19NO5/c1-9-8-14(10(2)23-9)19(22)20-15-16-12-6-4-5-7-13(12)17(25-16)18(15)24-11(3)21/h4-8,15-18H,1-3H3,(H,20,22)/t15-,16+,17-,18+/m1/s1. The van der Waals surface area contributed by atoms with Crippen LogP contribution in [0, 0.1) is 13.8 Å². The number of fused-ring (bicyclic) bond motifs is 5. The molecule has 0 aliphatic carbocycles. The van der Waals surface area contributed by atoms with Crippen molar-refractivity contribution >= 4 is 11.9 Å². The summed E-state index contributed by atoms with van der Waals surface area (Å²) in [4.78, 5) is 24.2. The lowest BCUT2D eigenvalue weighted by molar-refractivity contribution is -0.149. The highest BCUT2D eigenvalue weighted by atomic mass is 16.6. The molecule has 6 heteroatoms. The smallest absolute Gasteiger partial charge is 0.303 e. The van der Waals surface area contributed by atoms with Crippen LogP contribution in [0.25, 0.3) is 0 Å². The molecule has 1 aromatic heterocycles. The first-order valence-electron chi connectivity index (χ1n) is 8.25. The fourth-order valence-corrected chi connectivity index (χ4v) is 3.80. The molecular weight excluding hydrogens is 322 g/mol. The molecule has 1 amide bonds. The number of esters is 1. The number of nitrogens with one attached hydrogen (secondary N) is 1. The van der Waals surface area contributed by atoms with Gasteiger partial charge in [0.25, 0.3) is 5.91 Å². The second-order valence-electron chi connectivity index (χ2n) is 6.51. The number of benzene rings is 1. The van der Waals surface area contributed by atoms with Crippen molar-refractivity contribution in [1.82, 2.24) is 5.32 Å². The van der Waals surface area contributed by atoms with Gasteiger partial charge in [0, 0.05) is 6.92 Å². The van der Waals surface area contributed by atoms with Crippen LogP contribution >= 0.6 is 0 Å². The highest BCUT2D eigenvalue weighted by molar-refractivity contribution is 5.95. The summed E-state index contributed by atoms with van der Waals surface area (Å²) in [5, 5.41) is 2.98. The Kier molecular flexibility index (Phi) is 3.65. The predicted molar refractivity (Wildman–Crippen MR) is 88.0 cm³/mol. The summed E-state index contributed by atoms with van der Waals surface area (Å²) in [6, 6.07) is 9.08. The first kappa shape index (κ1) is 15.9. The normalized spacial score (nSPS) is 26.4. The first-order valence-corrected chi connectivity index (χ1v) is 8.25. The number of hydrogen-bond acceptors (Lipinski definition) is 5. The molecule has 1 N–H and O–H groups in total. The fourth-order valence-electron chi connectivity index (χ4n) is 3.80. The molecule has 2 aliphatic heterocycles. The van der Waals surface area contributed by atoms with Crippen molar-refractivity contribution in [3.8, 4) is 0 Å². The lowest BCUT2D eigenvalue weighted by Gasteiger charge is -2.29. The maximum atomic E-state index is 12.7. The van der Waals surface area contributed by atoms with Crippen molar-refractivity contribution in [1.29, 1.82) is 0 Å². The average Bonchev–Trinajstić information content (AvgIpc) is 3.20. The third kappa shape index (κ3) is 2.53. The van der Waals surface area contributed by atoms with Crippen molar-refractivity contribution < 1.29 is 23.5 Å². The van der Waals surface area contributed by atoms with E-state index in [1.165, 1.54) is 6.92 Å². The third-order valence-corrected chi connectivity index (χ3v) is 4.77. The summed E-state index contributed by atoms with van der Waals surface area (Å²) in [6.07, 6.45) is -1.24. The van der Waals surface area contributed by atoms with Crippen molar-refractivity contribution in [2.45, 2.75) is 45.1 Å². The Balaban J connectivity index is 1.64. The van der Waals surface area contributed by atoms with Crippen molar-refractivity contribution in [2.75, 3.05) is 0 Å². The van der Waals surface area contributed by atoms with Gasteiger partial charge in [-0.2, -0.15) is 0 Å². The number of furan rings is 1. The Hall–Kier alpha value is -2.60. The van der Waals surface area contributed by atoms with E-state index in [1.807, 2.05) is 24.3 Å². The van der Waals surface area contributed by atoms with Gasteiger partial charge in [-0.05, 0) is 31.0 Å². The van der Waals surface area contributed by atoms with Gasteiger partial charge in [0.1, 0.15) is 23.7 Å². The van der Waals surface area contributed by atoms with Gasteiger partial charge in [-0.15, -0.1) is 0 Å². The van der Waals surface area contributed by atoms with E-state index in [2.05, 4.69) is 5.32 Å². The van der Waals surface area contributed by atoms with Gasteiger partial charge in [-0.1, -0.05) is 24.3 Å². The van der Waals surface area contributed by atoms with Crippen LogP contribution in [-0.2, 0) is 14.3 Å². The Morgan fingerprint density at radius 2 is 1.80 bits per heavy atom. The van der Waals surface area contributed by atoms with Crippen LogP contribution in [0.2, 0.25) is 0 Å². The Morgan fingerprint density at radius 3 is 2.40 bits per heavy atom. The number of ether oxygens (including phenoxy) is 2. The average molecular weight is 341 g/mol. The molecule has 6 nitrogen and oxygen atoms in total. The molecule has 2 aromatic rings. The number of rotatable bonds is 3. The molecule has 25 heavy (non-hydrogen) atoms. The summed E-state index contributed by atoms with van der Waals surface area (Å²) in [6.45, 7) is 4.90. The second kappa shape index (κ2) is 5.74. The summed E-state index contributed by atoms with van der Waals surface area (Å²) in [5.41, 5.74) is 2.52. The monoisotopic (exact) mass is 341 g/mol. The van der Waals surface area contributed by atoms with Gasteiger partial charge < -0.3 is 19.2 Å². The van der Waals surface area contributed by atoms with E-state index in [9.17, 15) is 9.59 Å². The lowest BCUT2D eigenvalue weighted by Crippen LogP contribution is -2.47. The van der Waals surface area contributed by atoms with E-state index in [1.54, 1.807) is 19.9 Å². The van der Waals surface area contributed by atoms with Crippen LogP contribution < -0.4 is 5.32 Å². The molecule has 0 unspecified atom stereocenters. The SMILES string of the molecule is CC(=O)O[C@H]1[C@H](NC(=O)c2cc(C)oc2C)[C@H]2O[C@@H]1c1ccccc12. The highest BCUT2D eigenvalue weighted by Crippen LogP contribution is 2.51. The maximum Gasteiger partial charge on any atom is 0.303 e. The molecular formula is C19H19NO5. The number of amides is 1. The number of hydrogen-bond donors (Lipinski definition) is 1. The molecule has 1 saturated heterocycles. The Bertz CT molecular complexity index is 855. The highest BCUT2D eigenvalue weighted by Gasteiger charge is 2.54. The summed E-state index contributed by atoms with van der Waals surface area (Å²) in [5.74, 6) is 0.579. The quantitative estimate of drug-likeness (QED) is 0.869. The second-order valence-corrected chi connectivity index (χ2v) is 6.51. The van der Waals surface area contributed by atoms with E-state index in [4.69, 9.17) is 13.9 Å². The Morgan fingerprint density at radius 1 is 1.12 bits per heavy atom. The number of carbonyl (C=O) groups is 2. The zero-order chi connectivity index (χ0) is 17.7. The van der Waals surface area contributed by atoms with Crippen LogP contribution in [0.1, 0.15) is 52.1 Å². The van der Waals surface area contributed by atoms with Crippen LogP contribution in [-0.4, -0.2) is 24.0 Å². The van der Waals surface area contributed by atoms with E-state index in [0.717, 1.165) is 11.1 Å². The molecule has 0 radical (unpaired) electrons. The van der Waals surface area contributed by atoms with Crippen LogP contribution in [0.5, 0.6) is 0 Å². The summed E-state index contributed by atoms with van der Waals surface area (Å²) >= 11 is 0. The molecule has 0 spiro atoms. The van der Waals surface area contributed by atoms with Crippen molar-refractivity contribution in [3.05, 3.63) is 58.5 Å². The molecule has 1 aromatic carbocycles. The van der Waals surface area contributed by atoms with E-state index >= 15 is 0 Å². The molecule has 3 heterocycles. The van der Waals surface area contributed by atoms with Crippen LogP contribution in [0.4, 0.5) is 0 Å². The molecule has 0 saturated carbocycles. The van der Waals surface area contributed by atoms with Gasteiger partial charge in [-0.3, -0.25) is 9.59 Å². The minimum atomic E-state index is -0.547. The fraction of sp³-hybridized carbons (Fsp3) is 0.368. The van der Waals surface area contributed by atoms with E-state index < -0.39 is 18.1 Å². The first-order chi connectivity index (χ1) is 12.0. The minimum Gasteiger partial charge on any atom is -0.466 e. The van der Waals surface area contributed by atoms with Crippen molar-refractivity contribution in [3.63, 3.8) is 0 Å². The third-order valence-electron chi connectivity index (χ3n) is 4.77. The molecule has 1 fully saturated rings. The zero-order valence-corrected chi connectivity index (χ0v) is 14.2. The number of aryl methyl sites for hydroxylation is 2. The van der Waals surface area contributed by atoms with Gasteiger partial charge >= 0.3 is 5.97 Å². The molecule has 2 bridgehead atoms. The van der Waals surface area contributed by atoms with Crippen LogP contribution in [0.3, 0.4) is 0 Å². The van der Waals surface area contributed by atoms with Gasteiger partial charge in [0.2, 0.25) is 0 Å². The molecule has 4 atom stereocenters.